The Hall–Kier alpha value is -0.840. The molecule has 108 valence electrons. The van der Waals surface area contributed by atoms with Crippen LogP contribution < -0.4 is 10.1 Å². The molecule has 0 bridgehead atoms. The van der Waals surface area contributed by atoms with E-state index in [1.54, 1.807) is 11.3 Å². The first-order valence-electron chi connectivity index (χ1n) is 6.85. The van der Waals surface area contributed by atoms with Gasteiger partial charge < -0.3 is 10.1 Å². The molecule has 1 aromatic heterocycles. The molecule has 0 aliphatic carbocycles. The highest BCUT2D eigenvalue weighted by Crippen LogP contribution is 2.22. The Morgan fingerprint density at radius 3 is 2.65 bits per heavy atom. The minimum absolute atomic E-state index is 0.509. The molecule has 1 unspecified atom stereocenters. The molecule has 1 N–H and O–H groups in total. The first-order chi connectivity index (χ1) is 9.67. The monoisotopic (exact) mass is 353 g/mol. The second-order valence-corrected chi connectivity index (χ2v) is 6.74. The number of ether oxygens (including phenoxy) is 1. The number of rotatable bonds is 7. The van der Waals surface area contributed by atoms with Crippen molar-refractivity contribution < 1.29 is 4.74 Å². The molecule has 1 atom stereocenters. The Bertz CT molecular complexity index is 524. The van der Waals surface area contributed by atoms with E-state index in [0.717, 1.165) is 23.2 Å². The van der Waals surface area contributed by atoms with Crippen molar-refractivity contribution >= 4 is 27.3 Å². The lowest BCUT2D eigenvalue weighted by Gasteiger charge is -2.12. The first kappa shape index (κ1) is 15.5. The van der Waals surface area contributed by atoms with Crippen molar-refractivity contribution in [2.45, 2.75) is 32.9 Å². The van der Waals surface area contributed by atoms with Crippen molar-refractivity contribution in [2.24, 2.45) is 0 Å². The van der Waals surface area contributed by atoms with Crippen LogP contribution in [-0.4, -0.2) is 12.6 Å². The van der Waals surface area contributed by atoms with Gasteiger partial charge in [0, 0.05) is 20.8 Å². The van der Waals surface area contributed by atoms with Crippen molar-refractivity contribution in [1.29, 1.82) is 0 Å². The summed E-state index contributed by atoms with van der Waals surface area (Å²) in [6.07, 6.45) is 1.05. The molecule has 0 aliphatic rings. The number of benzene rings is 1. The van der Waals surface area contributed by atoms with E-state index < -0.39 is 0 Å². The molecule has 0 radical (unpaired) electrons. The summed E-state index contributed by atoms with van der Waals surface area (Å²) in [5.41, 5.74) is 1.34. The average Bonchev–Trinajstić information content (AvgIpc) is 2.84. The standard InChI is InChI=1S/C16H20BrNOS/c1-3-18-12(2)8-13-4-6-15(7-5-13)19-10-16-9-14(17)11-20-16/h4-7,9,11-12,18H,3,8,10H2,1-2H3. The van der Waals surface area contributed by atoms with Gasteiger partial charge in [-0.2, -0.15) is 0 Å². The highest BCUT2D eigenvalue weighted by Gasteiger charge is 2.03. The topological polar surface area (TPSA) is 21.3 Å². The van der Waals surface area contributed by atoms with Crippen LogP contribution in [0.4, 0.5) is 0 Å². The third-order valence-corrected chi connectivity index (χ3v) is 4.69. The molecule has 0 amide bonds. The van der Waals surface area contributed by atoms with Crippen molar-refractivity contribution in [3.63, 3.8) is 0 Å². The molecule has 0 saturated carbocycles. The SMILES string of the molecule is CCNC(C)Cc1ccc(OCc2cc(Br)cs2)cc1. The molecule has 2 aromatic rings. The Labute approximate surface area is 133 Å². The first-order valence-corrected chi connectivity index (χ1v) is 8.52. The largest absolute Gasteiger partial charge is 0.488 e. The van der Waals surface area contributed by atoms with Crippen LogP contribution in [-0.2, 0) is 13.0 Å². The lowest BCUT2D eigenvalue weighted by Crippen LogP contribution is -2.27. The summed E-state index contributed by atoms with van der Waals surface area (Å²) in [5.74, 6) is 0.925. The van der Waals surface area contributed by atoms with Gasteiger partial charge in [0.25, 0.3) is 0 Å². The van der Waals surface area contributed by atoms with Gasteiger partial charge in [-0.05, 0) is 59.6 Å². The van der Waals surface area contributed by atoms with E-state index in [0.29, 0.717) is 12.6 Å². The summed E-state index contributed by atoms with van der Waals surface area (Å²) >= 11 is 5.16. The second kappa shape index (κ2) is 7.81. The second-order valence-electron chi connectivity index (χ2n) is 4.83. The Balaban J connectivity index is 1.85. The van der Waals surface area contributed by atoms with Gasteiger partial charge in [0.05, 0.1) is 0 Å². The predicted molar refractivity (Wildman–Crippen MR) is 89.6 cm³/mol. The van der Waals surface area contributed by atoms with Crippen LogP contribution in [0.5, 0.6) is 5.75 Å². The van der Waals surface area contributed by atoms with E-state index >= 15 is 0 Å². The summed E-state index contributed by atoms with van der Waals surface area (Å²) in [6.45, 7) is 5.99. The number of thiophene rings is 1. The third kappa shape index (κ3) is 4.93. The molecule has 0 spiro atoms. The highest BCUT2D eigenvalue weighted by molar-refractivity contribution is 9.10. The fraction of sp³-hybridized carbons (Fsp3) is 0.375. The summed E-state index contributed by atoms with van der Waals surface area (Å²) in [6, 6.07) is 11.0. The predicted octanol–water partition coefficient (Wildman–Crippen LogP) is 4.63. The summed E-state index contributed by atoms with van der Waals surface area (Å²) in [7, 11) is 0. The zero-order valence-electron chi connectivity index (χ0n) is 11.9. The molecule has 0 saturated heterocycles. The number of halogens is 1. The minimum Gasteiger partial charge on any atom is -0.488 e. The Morgan fingerprint density at radius 1 is 1.30 bits per heavy atom. The van der Waals surface area contributed by atoms with Gasteiger partial charge in [-0.3, -0.25) is 0 Å². The normalized spacial score (nSPS) is 12.3. The highest BCUT2D eigenvalue weighted by atomic mass is 79.9. The maximum absolute atomic E-state index is 5.79. The lowest BCUT2D eigenvalue weighted by atomic mass is 10.1. The lowest BCUT2D eigenvalue weighted by molar-refractivity contribution is 0.309. The molecule has 2 nitrogen and oxygen atoms in total. The maximum Gasteiger partial charge on any atom is 0.122 e. The number of likely N-dealkylation sites (N-methyl/N-ethyl adjacent to an activating group) is 1. The van der Waals surface area contributed by atoms with Gasteiger partial charge in [0.2, 0.25) is 0 Å². The quantitative estimate of drug-likeness (QED) is 0.783. The van der Waals surface area contributed by atoms with E-state index in [2.05, 4.69) is 70.8 Å². The molecule has 2 rings (SSSR count). The van der Waals surface area contributed by atoms with Crippen molar-refractivity contribution in [3.8, 4) is 5.75 Å². The summed E-state index contributed by atoms with van der Waals surface area (Å²) in [4.78, 5) is 1.22. The van der Waals surface area contributed by atoms with Crippen LogP contribution in [0.3, 0.4) is 0 Å². The molecule has 1 heterocycles. The van der Waals surface area contributed by atoms with Crippen molar-refractivity contribution in [2.75, 3.05) is 6.54 Å². The van der Waals surface area contributed by atoms with Gasteiger partial charge in [-0.15, -0.1) is 11.3 Å². The molecular formula is C16H20BrNOS. The van der Waals surface area contributed by atoms with E-state index in [-0.39, 0.29) is 0 Å². The number of hydrogen-bond donors (Lipinski definition) is 1. The van der Waals surface area contributed by atoms with Gasteiger partial charge >= 0.3 is 0 Å². The smallest absolute Gasteiger partial charge is 0.122 e. The molecule has 0 fully saturated rings. The number of nitrogens with one attached hydrogen (secondary N) is 1. The summed E-state index contributed by atoms with van der Waals surface area (Å²) < 4.78 is 6.91. The fourth-order valence-corrected chi connectivity index (χ4v) is 3.44. The molecule has 4 heteroatoms. The zero-order chi connectivity index (χ0) is 14.4. The molecule has 0 aliphatic heterocycles. The third-order valence-electron chi connectivity index (χ3n) is 3.02. The van der Waals surface area contributed by atoms with E-state index in [4.69, 9.17) is 4.74 Å². The fourth-order valence-electron chi connectivity index (χ4n) is 2.08. The van der Waals surface area contributed by atoms with Crippen molar-refractivity contribution in [3.05, 3.63) is 50.6 Å². The van der Waals surface area contributed by atoms with E-state index in [9.17, 15) is 0 Å². The van der Waals surface area contributed by atoms with Gasteiger partial charge in [-0.1, -0.05) is 19.1 Å². The van der Waals surface area contributed by atoms with Crippen molar-refractivity contribution in [1.82, 2.24) is 5.32 Å². The van der Waals surface area contributed by atoms with Crippen LogP contribution >= 0.6 is 27.3 Å². The van der Waals surface area contributed by atoms with Gasteiger partial charge in [0.15, 0.2) is 0 Å². The Morgan fingerprint density at radius 2 is 2.05 bits per heavy atom. The van der Waals surface area contributed by atoms with E-state index in [1.807, 2.05) is 0 Å². The molecular weight excluding hydrogens is 334 g/mol. The number of hydrogen-bond acceptors (Lipinski definition) is 3. The summed E-state index contributed by atoms with van der Waals surface area (Å²) in [5, 5.41) is 5.50. The van der Waals surface area contributed by atoms with Crippen LogP contribution in [0.15, 0.2) is 40.2 Å². The Kier molecular flexibility index (Phi) is 6.07. The molecule has 1 aromatic carbocycles. The zero-order valence-corrected chi connectivity index (χ0v) is 14.3. The van der Waals surface area contributed by atoms with Crippen LogP contribution in [0.25, 0.3) is 0 Å². The van der Waals surface area contributed by atoms with E-state index in [1.165, 1.54) is 10.4 Å². The molecule has 20 heavy (non-hydrogen) atoms. The van der Waals surface area contributed by atoms with Gasteiger partial charge in [0.1, 0.15) is 12.4 Å². The minimum atomic E-state index is 0.509. The van der Waals surface area contributed by atoms with Gasteiger partial charge in [-0.25, -0.2) is 0 Å². The maximum atomic E-state index is 5.79. The van der Waals surface area contributed by atoms with Crippen LogP contribution in [0, 0.1) is 0 Å². The van der Waals surface area contributed by atoms with Crippen LogP contribution in [0.1, 0.15) is 24.3 Å². The average molecular weight is 354 g/mol. The van der Waals surface area contributed by atoms with Crippen LogP contribution in [0.2, 0.25) is 0 Å².